The van der Waals surface area contributed by atoms with Gasteiger partial charge in [0.15, 0.2) is 5.58 Å². The maximum atomic E-state index is 12.6. The molecule has 0 bridgehead atoms. The summed E-state index contributed by atoms with van der Waals surface area (Å²) in [6, 6.07) is 1.94. The lowest BCUT2D eigenvalue weighted by Crippen LogP contribution is -2.05. The summed E-state index contributed by atoms with van der Waals surface area (Å²) >= 11 is 0. The molecule has 2 aromatic rings. The predicted molar refractivity (Wildman–Crippen MR) is 53.2 cm³/mol. The van der Waals surface area contributed by atoms with Gasteiger partial charge in [-0.1, -0.05) is 6.92 Å². The van der Waals surface area contributed by atoms with Crippen LogP contribution in [-0.4, -0.2) is 17.6 Å². The van der Waals surface area contributed by atoms with Crippen LogP contribution in [0.15, 0.2) is 16.5 Å². The number of nitrogens with one attached hydrogen (secondary N) is 1. The number of aromatic amines is 1. The molecule has 4 nitrogen and oxygen atoms in total. The van der Waals surface area contributed by atoms with Gasteiger partial charge < -0.3 is 14.1 Å². The van der Waals surface area contributed by atoms with Crippen molar-refractivity contribution < 1.29 is 19.8 Å². The van der Waals surface area contributed by atoms with E-state index in [1.165, 1.54) is 12.1 Å². The normalized spacial score (nSPS) is 10.8. The lowest BCUT2D eigenvalue weighted by atomic mass is 10.4. The summed E-state index contributed by atoms with van der Waals surface area (Å²) in [5.74, 6) is -0.455. The quantitative estimate of drug-likeness (QED) is 0.797. The number of aromatic nitrogens is 1. The predicted octanol–water partition coefficient (Wildman–Crippen LogP) is 2.71. The lowest BCUT2D eigenvalue weighted by molar-refractivity contribution is 0.0499. The monoisotopic (exact) mass is 213 g/mol. The van der Waals surface area contributed by atoms with Crippen LogP contribution in [0.25, 0.3) is 11.1 Å². The van der Waals surface area contributed by atoms with Crippen molar-refractivity contribution in [1.29, 1.82) is 0 Å². The van der Waals surface area contributed by atoms with Crippen LogP contribution in [0.3, 0.4) is 0 Å². The maximum absolute atomic E-state index is 12.6. The van der Waals surface area contributed by atoms with E-state index in [9.17, 15) is 9.18 Å². The molecule has 82 valence electrons. The highest BCUT2D eigenvalue weighted by molar-refractivity contribution is 5.93. The molecular formula is C10H12FNO3. The molecule has 0 fully saturated rings. The molecule has 0 saturated heterocycles. The van der Waals surface area contributed by atoms with Crippen LogP contribution in [-0.2, 0) is 4.74 Å². The number of halogens is 1. The Morgan fingerprint density at radius 3 is 3.13 bits per heavy atom. The number of fused-ring (bicyclic) bond motifs is 1. The molecular weight excluding hydrogens is 201 g/mol. The maximum Gasteiger partial charge on any atom is 0.354 e. The molecule has 0 atom stereocenters. The Kier molecular flexibility index (Phi) is 2.45. The molecule has 5 heteroatoms. The third-order valence-corrected chi connectivity index (χ3v) is 1.93. The van der Waals surface area contributed by atoms with E-state index < -0.39 is 12.0 Å². The second-order valence-corrected chi connectivity index (χ2v) is 3.15. The zero-order chi connectivity index (χ0) is 10.8. The minimum atomic E-state index is -0.676. The van der Waals surface area contributed by atoms with E-state index in [4.69, 9.17) is 9.15 Å². The third-order valence-electron chi connectivity index (χ3n) is 1.93. The summed E-state index contributed by atoms with van der Waals surface area (Å²) in [7, 11) is 0. The Bertz CT molecular complexity index is 460. The second kappa shape index (κ2) is 3.76. The van der Waals surface area contributed by atoms with E-state index in [1.54, 1.807) is 0 Å². The summed E-state index contributed by atoms with van der Waals surface area (Å²) in [6.45, 7) is 2.27. The largest absolute Gasteiger partial charge is 0.461 e. The number of carbonyl (C=O) groups is 1. The van der Waals surface area contributed by atoms with Gasteiger partial charge in [0.2, 0.25) is 0 Å². The number of H-pyrrole nitrogens is 1. The Balaban J connectivity index is 0.00000128. The highest BCUT2D eigenvalue weighted by Gasteiger charge is 2.13. The molecule has 0 aliphatic heterocycles. The fourth-order valence-corrected chi connectivity index (χ4v) is 1.27. The van der Waals surface area contributed by atoms with Crippen molar-refractivity contribution in [2.24, 2.45) is 0 Å². The van der Waals surface area contributed by atoms with Crippen molar-refractivity contribution in [2.45, 2.75) is 13.3 Å². The average Bonchev–Trinajstić information content (AvgIpc) is 2.70. The first kappa shape index (κ1) is 9.76. The van der Waals surface area contributed by atoms with Crippen LogP contribution in [0.1, 0.15) is 25.3 Å². The van der Waals surface area contributed by atoms with Gasteiger partial charge in [-0.15, -0.1) is 0 Å². The summed E-state index contributed by atoms with van der Waals surface area (Å²) in [4.78, 5) is 14.1. The van der Waals surface area contributed by atoms with Crippen molar-refractivity contribution in [3.63, 3.8) is 0 Å². The molecule has 2 rings (SSSR count). The van der Waals surface area contributed by atoms with Gasteiger partial charge in [0.05, 0.1) is 12.1 Å². The highest BCUT2D eigenvalue weighted by atomic mass is 19.1. The number of esters is 1. The van der Waals surface area contributed by atoms with Crippen molar-refractivity contribution in [3.05, 3.63) is 23.8 Å². The summed E-state index contributed by atoms with van der Waals surface area (Å²) in [6.07, 6.45) is 0.761. The molecule has 2 heterocycles. The molecule has 0 aromatic carbocycles. The number of hydrogen-bond donors (Lipinski definition) is 1. The van der Waals surface area contributed by atoms with Crippen LogP contribution >= 0.6 is 0 Å². The van der Waals surface area contributed by atoms with Gasteiger partial charge in [-0.05, 0) is 6.42 Å². The first-order valence-corrected chi connectivity index (χ1v) is 4.66. The molecule has 1 N–H and O–H groups in total. The van der Waals surface area contributed by atoms with E-state index in [1.807, 2.05) is 6.92 Å². The van der Waals surface area contributed by atoms with Gasteiger partial charge in [0.25, 0.3) is 6.01 Å². The van der Waals surface area contributed by atoms with Crippen molar-refractivity contribution in [1.82, 2.24) is 4.98 Å². The van der Waals surface area contributed by atoms with Gasteiger partial charge in [-0.25, -0.2) is 4.79 Å². The standard InChI is InChI=1S/C10H10FNO3.H2/c1-2-3-14-10(13)7-4-8-6(12-7)5-9(11)15-8;/h4-5,12H,2-3H2,1H3;1H. The summed E-state index contributed by atoms with van der Waals surface area (Å²) in [5, 5.41) is 0. The van der Waals surface area contributed by atoms with E-state index in [0.29, 0.717) is 17.7 Å². The number of ether oxygens (including phenoxy) is 1. The smallest absolute Gasteiger partial charge is 0.354 e. The lowest BCUT2D eigenvalue weighted by Gasteiger charge is -1.99. The Hall–Kier alpha value is -1.78. The first-order chi connectivity index (χ1) is 7.20. The van der Waals surface area contributed by atoms with Crippen molar-refractivity contribution in [3.8, 4) is 0 Å². The number of hydrogen-bond acceptors (Lipinski definition) is 3. The molecule has 0 radical (unpaired) electrons. The topological polar surface area (TPSA) is 55.2 Å². The highest BCUT2D eigenvalue weighted by Crippen LogP contribution is 2.19. The molecule has 0 aliphatic rings. The first-order valence-electron chi connectivity index (χ1n) is 4.66. The molecule has 0 amide bonds. The van der Waals surface area contributed by atoms with Crippen molar-refractivity contribution >= 4 is 17.1 Å². The zero-order valence-corrected chi connectivity index (χ0v) is 8.17. The van der Waals surface area contributed by atoms with Gasteiger partial charge >= 0.3 is 5.97 Å². The zero-order valence-electron chi connectivity index (χ0n) is 8.17. The van der Waals surface area contributed by atoms with Gasteiger partial charge in [0, 0.05) is 13.6 Å². The fourth-order valence-electron chi connectivity index (χ4n) is 1.27. The van der Waals surface area contributed by atoms with E-state index >= 15 is 0 Å². The molecule has 0 unspecified atom stereocenters. The van der Waals surface area contributed by atoms with Crippen LogP contribution in [0, 0.1) is 6.01 Å². The number of carbonyl (C=O) groups excluding carboxylic acids is 1. The Labute approximate surface area is 86.5 Å². The van der Waals surface area contributed by atoms with E-state index in [-0.39, 0.29) is 7.12 Å². The number of furan rings is 1. The van der Waals surface area contributed by atoms with E-state index in [0.717, 1.165) is 6.42 Å². The molecule has 0 saturated carbocycles. The van der Waals surface area contributed by atoms with Crippen molar-refractivity contribution in [2.75, 3.05) is 6.61 Å². The number of rotatable bonds is 3. The van der Waals surface area contributed by atoms with Crippen LogP contribution < -0.4 is 0 Å². The van der Waals surface area contributed by atoms with E-state index in [2.05, 4.69) is 4.98 Å². The van der Waals surface area contributed by atoms with Gasteiger partial charge in [-0.2, -0.15) is 4.39 Å². The van der Waals surface area contributed by atoms with Crippen LogP contribution in [0.2, 0.25) is 0 Å². The second-order valence-electron chi connectivity index (χ2n) is 3.15. The Morgan fingerprint density at radius 2 is 2.47 bits per heavy atom. The minimum Gasteiger partial charge on any atom is -0.461 e. The van der Waals surface area contributed by atoms with Crippen LogP contribution in [0.5, 0.6) is 0 Å². The fraction of sp³-hybridized carbons (Fsp3) is 0.300. The Morgan fingerprint density at radius 1 is 1.67 bits per heavy atom. The molecule has 2 aromatic heterocycles. The molecule has 15 heavy (non-hydrogen) atoms. The molecule has 0 spiro atoms. The van der Waals surface area contributed by atoms with Gasteiger partial charge in [-0.3, -0.25) is 0 Å². The third kappa shape index (κ3) is 1.86. The minimum absolute atomic E-state index is 0. The summed E-state index contributed by atoms with van der Waals surface area (Å²) < 4.78 is 22.2. The SMILES string of the molecule is CCCOC(=O)c1cc2oc(F)cc2[nH]1.[HH]. The van der Waals surface area contributed by atoms with Crippen LogP contribution in [0.4, 0.5) is 4.39 Å². The molecule has 0 aliphatic carbocycles. The van der Waals surface area contributed by atoms with Gasteiger partial charge in [0.1, 0.15) is 5.69 Å². The summed E-state index contributed by atoms with van der Waals surface area (Å²) in [5.41, 5.74) is 1.05. The average molecular weight is 213 g/mol.